The van der Waals surface area contributed by atoms with E-state index in [1.807, 2.05) is 0 Å². The van der Waals surface area contributed by atoms with Gasteiger partial charge in [-0.05, 0) is 61.4 Å². The second-order valence-corrected chi connectivity index (χ2v) is 10.3. The van der Waals surface area contributed by atoms with Crippen LogP contribution in [0.5, 0.6) is 0 Å². The molecule has 0 unspecified atom stereocenters. The first-order valence-electron chi connectivity index (χ1n) is 10.3. The largest absolute Gasteiger partial charge is 0.455 e. The van der Waals surface area contributed by atoms with E-state index >= 15 is 0 Å². The molecule has 2 heterocycles. The number of rotatable bonds is 7. The van der Waals surface area contributed by atoms with E-state index in [0.717, 1.165) is 4.31 Å². The fourth-order valence-corrected chi connectivity index (χ4v) is 5.62. The standard InChI is InChI=1S/C22H18Cl2N4O6S/c23-15-4-7-17(8-5-15)35(32,33)27-11-1-2-19(27)22(29)26-25-13-16-6-10-21(34-16)14-3-9-18(24)20(12-14)28(30)31/h3-10,12-13,19H,1-2,11H2,(H,26,29)/b25-13-/t19-/m1/s1. The first-order valence-corrected chi connectivity index (χ1v) is 12.5. The summed E-state index contributed by atoms with van der Waals surface area (Å²) in [6, 6.07) is 12.3. The first kappa shape index (κ1) is 24.9. The van der Waals surface area contributed by atoms with E-state index in [1.165, 1.54) is 42.6 Å². The van der Waals surface area contributed by atoms with Gasteiger partial charge in [-0.3, -0.25) is 14.9 Å². The third-order valence-electron chi connectivity index (χ3n) is 5.35. The number of hydrogen-bond acceptors (Lipinski definition) is 7. The molecule has 10 nitrogen and oxygen atoms in total. The SMILES string of the molecule is O=C(N/N=C\c1ccc(-c2ccc(Cl)c([N+](=O)[O-])c2)o1)[C@H]1CCCN1S(=O)(=O)c1ccc(Cl)cc1. The number of benzene rings is 2. The summed E-state index contributed by atoms with van der Waals surface area (Å²) < 4.78 is 32.7. The van der Waals surface area contributed by atoms with Gasteiger partial charge in [-0.25, -0.2) is 13.8 Å². The molecule has 0 saturated carbocycles. The Balaban J connectivity index is 1.43. The van der Waals surface area contributed by atoms with Gasteiger partial charge < -0.3 is 4.42 Å². The molecule has 4 rings (SSSR count). The Morgan fingerprint density at radius 1 is 1.17 bits per heavy atom. The van der Waals surface area contributed by atoms with Crippen molar-refractivity contribution in [1.82, 2.24) is 9.73 Å². The van der Waals surface area contributed by atoms with Gasteiger partial charge >= 0.3 is 0 Å². The first-order chi connectivity index (χ1) is 16.7. The number of nitro groups is 1. The second-order valence-electron chi connectivity index (χ2n) is 7.59. The van der Waals surface area contributed by atoms with Crippen molar-refractivity contribution in [3.63, 3.8) is 0 Å². The van der Waals surface area contributed by atoms with E-state index in [-0.39, 0.29) is 27.9 Å². The molecule has 1 N–H and O–H groups in total. The number of nitrogens with one attached hydrogen (secondary N) is 1. The Morgan fingerprint density at radius 3 is 2.63 bits per heavy atom. The predicted molar refractivity (Wildman–Crippen MR) is 130 cm³/mol. The number of nitro benzene ring substituents is 1. The molecule has 0 radical (unpaired) electrons. The van der Waals surface area contributed by atoms with Crippen LogP contribution in [0.1, 0.15) is 18.6 Å². The van der Waals surface area contributed by atoms with Crippen molar-refractivity contribution in [3.8, 4) is 11.3 Å². The van der Waals surface area contributed by atoms with E-state index in [0.29, 0.717) is 29.2 Å². The van der Waals surface area contributed by atoms with Crippen molar-refractivity contribution in [1.29, 1.82) is 0 Å². The molecule has 1 aliphatic rings. The number of nitrogens with zero attached hydrogens (tertiary/aromatic N) is 3. The lowest BCUT2D eigenvalue weighted by molar-refractivity contribution is -0.384. The molecule has 1 saturated heterocycles. The molecule has 182 valence electrons. The lowest BCUT2D eigenvalue weighted by Gasteiger charge is -2.22. The van der Waals surface area contributed by atoms with Gasteiger partial charge in [0, 0.05) is 23.2 Å². The minimum atomic E-state index is -3.88. The van der Waals surface area contributed by atoms with Crippen LogP contribution in [0.15, 0.2) is 69.0 Å². The highest BCUT2D eigenvalue weighted by Crippen LogP contribution is 2.31. The zero-order valence-corrected chi connectivity index (χ0v) is 20.3. The van der Waals surface area contributed by atoms with Crippen molar-refractivity contribution in [2.24, 2.45) is 5.10 Å². The van der Waals surface area contributed by atoms with Gasteiger partial charge in [0.05, 0.1) is 16.0 Å². The van der Waals surface area contributed by atoms with Crippen molar-refractivity contribution in [2.75, 3.05) is 6.54 Å². The maximum atomic E-state index is 13.0. The van der Waals surface area contributed by atoms with Gasteiger partial charge in [0.2, 0.25) is 10.0 Å². The molecule has 2 aromatic carbocycles. The second kappa shape index (κ2) is 10.2. The van der Waals surface area contributed by atoms with Gasteiger partial charge in [0.1, 0.15) is 22.6 Å². The normalized spacial score (nSPS) is 16.6. The molecule has 1 aromatic heterocycles. The number of halogens is 2. The molecular formula is C22H18Cl2N4O6S. The lowest BCUT2D eigenvalue weighted by Crippen LogP contribution is -2.44. The maximum Gasteiger partial charge on any atom is 0.288 e. The predicted octanol–water partition coefficient (Wildman–Crippen LogP) is 4.47. The summed E-state index contributed by atoms with van der Waals surface area (Å²) >= 11 is 11.7. The highest BCUT2D eigenvalue weighted by molar-refractivity contribution is 7.89. The average Bonchev–Trinajstić information content (AvgIpc) is 3.50. The fraction of sp³-hybridized carbons (Fsp3) is 0.182. The Kier molecular flexibility index (Phi) is 7.22. The number of sulfonamides is 1. The van der Waals surface area contributed by atoms with Crippen LogP contribution >= 0.6 is 23.2 Å². The molecule has 13 heteroatoms. The van der Waals surface area contributed by atoms with Crippen LogP contribution in [0, 0.1) is 10.1 Å². The molecule has 1 amide bonds. The lowest BCUT2D eigenvalue weighted by atomic mass is 10.1. The summed E-state index contributed by atoms with van der Waals surface area (Å²) in [7, 11) is -3.88. The number of amides is 1. The van der Waals surface area contributed by atoms with Crippen molar-refractivity contribution in [2.45, 2.75) is 23.8 Å². The molecule has 0 aliphatic carbocycles. The smallest absolute Gasteiger partial charge is 0.288 e. The van der Waals surface area contributed by atoms with Crippen LogP contribution in [-0.4, -0.2) is 42.4 Å². The third-order valence-corrected chi connectivity index (χ3v) is 7.84. The molecule has 0 spiro atoms. The van der Waals surface area contributed by atoms with Crippen LogP contribution in [0.3, 0.4) is 0 Å². The Hall–Kier alpha value is -3.25. The monoisotopic (exact) mass is 536 g/mol. The number of carbonyl (C=O) groups is 1. The van der Waals surface area contributed by atoms with Crippen molar-refractivity contribution in [3.05, 3.63) is 80.5 Å². The van der Waals surface area contributed by atoms with Crippen LogP contribution in [0.4, 0.5) is 5.69 Å². The van der Waals surface area contributed by atoms with Crippen LogP contribution < -0.4 is 5.43 Å². The summed E-state index contributed by atoms with van der Waals surface area (Å²) in [5.74, 6) is 0.0416. The Labute approximate surface area is 210 Å². The zero-order chi connectivity index (χ0) is 25.2. The van der Waals surface area contributed by atoms with E-state index in [2.05, 4.69) is 10.5 Å². The Bertz CT molecular complexity index is 1410. The highest BCUT2D eigenvalue weighted by atomic mass is 35.5. The minimum absolute atomic E-state index is 0.00818. The molecule has 1 fully saturated rings. The molecule has 1 atom stereocenters. The molecule has 3 aromatic rings. The molecular weight excluding hydrogens is 519 g/mol. The maximum absolute atomic E-state index is 13.0. The van der Waals surface area contributed by atoms with Gasteiger partial charge in [0.15, 0.2) is 0 Å². The average molecular weight is 537 g/mol. The van der Waals surface area contributed by atoms with Crippen molar-refractivity contribution < 1.29 is 22.6 Å². The number of furan rings is 1. The number of carbonyl (C=O) groups excluding carboxylic acids is 1. The third kappa shape index (κ3) is 5.38. The minimum Gasteiger partial charge on any atom is -0.455 e. The summed E-state index contributed by atoms with van der Waals surface area (Å²) in [4.78, 5) is 23.2. The quantitative estimate of drug-likeness (QED) is 0.269. The van der Waals surface area contributed by atoms with E-state index < -0.39 is 26.9 Å². The summed E-state index contributed by atoms with van der Waals surface area (Å²) in [6.45, 7) is 0.210. The van der Waals surface area contributed by atoms with Gasteiger partial charge in [0.25, 0.3) is 11.6 Å². The molecule has 1 aliphatic heterocycles. The van der Waals surface area contributed by atoms with Crippen LogP contribution in [-0.2, 0) is 14.8 Å². The highest BCUT2D eigenvalue weighted by Gasteiger charge is 2.39. The summed E-state index contributed by atoms with van der Waals surface area (Å²) in [6.07, 6.45) is 2.14. The summed E-state index contributed by atoms with van der Waals surface area (Å²) in [5, 5.41) is 15.4. The molecule has 35 heavy (non-hydrogen) atoms. The molecule has 0 bridgehead atoms. The van der Waals surface area contributed by atoms with Crippen LogP contribution in [0.2, 0.25) is 10.0 Å². The Morgan fingerprint density at radius 2 is 1.91 bits per heavy atom. The van der Waals surface area contributed by atoms with E-state index in [9.17, 15) is 23.3 Å². The number of hydrogen-bond donors (Lipinski definition) is 1. The van der Waals surface area contributed by atoms with Gasteiger partial charge in [-0.1, -0.05) is 23.2 Å². The van der Waals surface area contributed by atoms with Gasteiger partial charge in [-0.2, -0.15) is 9.41 Å². The van der Waals surface area contributed by atoms with E-state index in [4.69, 9.17) is 27.6 Å². The topological polar surface area (TPSA) is 135 Å². The fourth-order valence-electron chi connectivity index (χ4n) is 3.65. The van der Waals surface area contributed by atoms with Gasteiger partial charge in [-0.15, -0.1) is 0 Å². The van der Waals surface area contributed by atoms with E-state index in [1.54, 1.807) is 18.2 Å². The number of hydrazone groups is 1. The van der Waals surface area contributed by atoms with Crippen molar-refractivity contribution >= 4 is 51.0 Å². The summed E-state index contributed by atoms with van der Waals surface area (Å²) in [5.41, 5.74) is 2.54. The van der Waals surface area contributed by atoms with Crippen LogP contribution in [0.25, 0.3) is 11.3 Å². The zero-order valence-electron chi connectivity index (χ0n) is 17.9.